The molecule has 0 spiro atoms. The van der Waals surface area contributed by atoms with Crippen molar-refractivity contribution >= 4 is 35.8 Å². The maximum Gasteiger partial charge on any atom is 0.243 e. The molecule has 0 atom stereocenters. The summed E-state index contributed by atoms with van der Waals surface area (Å²) >= 11 is 0. The number of carbonyl (C=O) groups is 1. The van der Waals surface area contributed by atoms with E-state index in [-0.39, 0.29) is 42.2 Å². The number of nitrogens with one attached hydrogen (secondary N) is 2. The highest BCUT2D eigenvalue weighted by atomic mass is 127. The van der Waals surface area contributed by atoms with E-state index in [0.29, 0.717) is 18.4 Å². The minimum absolute atomic E-state index is 0. The highest BCUT2D eigenvalue weighted by Gasteiger charge is 2.05. The van der Waals surface area contributed by atoms with E-state index in [2.05, 4.69) is 29.5 Å². The first-order valence-corrected chi connectivity index (χ1v) is 7.85. The van der Waals surface area contributed by atoms with Crippen LogP contribution in [-0.2, 0) is 11.2 Å². The first-order valence-electron chi connectivity index (χ1n) is 7.85. The Morgan fingerprint density at radius 2 is 1.83 bits per heavy atom. The van der Waals surface area contributed by atoms with E-state index in [4.69, 9.17) is 0 Å². The van der Waals surface area contributed by atoms with Gasteiger partial charge in [-0.1, -0.05) is 26.0 Å². The Labute approximate surface area is 161 Å². The van der Waals surface area contributed by atoms with Gasteiger partial charge in [-0.15, -0.1) is 24.0 Å². The predicted molar refractivity (Wildman–Crippen MR) is 107 cm³/mol. The monoisotopic (exact) mass is 450 g/mol. The molecule has 1 aromatic carbocycles. The third-order valence-electron chi connectivity index (χ3n) is 3.17. The molecule has 0 aliphatic heterocycles. The van der Waals surface area contributed by atoms with Gasteiger partial charge in [0.05, 0.1) is 0 Å². The van der Waals surface area contributed by atoms with E-state index in [9.17, 15) is 9.18 Å². The maximum absolute atomic E-state index is 12.9. The largest absolute Gasteiger partial charge is 0.356 e. The Kier molecular flexibility index (Phi) is 11.4. The molecule has 1 amide bonds. The average Bonchev–Trinajstić information content (AvgIpc) is 2.50. The number of carbonyl (C=O) groups excluding carboxylic acids is 1. The number of rotatable bonds is 7. The summed E-state index contributed by atoms with van der Waals surface area (Å²) in [6.07, 6.45) is 0.754. The molecule has 0 aliphatic rings. The molecule has 5 nitrogen and oxygen atoms in total. The van der Waals surface area contributed by atoms with Gasteiger partial charge in [-0.3, -0.25) is 4.79 Å². The molecule has 0 fully saturated rings. The van der Waals surface area contributed by atoms with Crippen LogP contribution in [0.1, 0.15) is 19.4 Å². The molecule has 1 aromatic rings. The number of amides is 1. The molecular formula is C17H28FIN4O. The molecule has 0 saturated heterocycles. The van der Waals surface area contributed by atoms with Crippen LogP contribution < -0.4 is 10.6 Å². The second kappa shape index (κ2) is 12.0. The lowest BCUT2D eigenvalue weighted by molar-refractivity contribution is -0.127. The SMILES string of the molecule is CC(C)CNC(=NCC(=O)N(C)C)NCCc1ccc(F)cc1.I. The molecule has 2 N–H and O–H groups in total. The summed E-state index contributed by atoms with van der Waals surface area (Å²) in [5.74, 6) is 0.818. The van der Waals surface area contributed by atoms with Crippen molar-refractivity contribution < 1.29 is 9.18 Å². The standard InChI is InChI=1S/C17H27FN4O.HI/c1-13(2)11-20-17(21-12-16(23)22(3)4)19-10-9-14-5-7-15(18)8-6-14;/h5-8,13H,9-12H2,1-4H3,(H2,19,20,21);1H. The highest BCUT2D eigenvalue weighted by molar-refractivity contribution is 14.0. The predicted octanol–water partition coefficient (Wildman–Crippen LogP) is 2.27. The topological polar surface area (TPSA) is 56.7 Å². The maximum atomic E-state index is 12.9. The fourth-order valence-electron chi connectivity index (χ4n) is 1.74. The lowest BCUT2D eigenvalue weighted by atomic mass is 10.1. The minimum Gasteiger partial charge on any atom is -0.356 e. The van der Waals surface area contributed by atoms with Crippen LogP contribution >= 0.6 is 24.0 Å². The molecule has 7 heteroatoms. The summed E-state index contributed by atoms with van der Waals surface area (Å²) in [7, 11) is 3.42. The number of benzene rings is 1. The quantitative estimate of drug-likeness (QED) is 0.381. The highest BCUT2D eigenvalue weighted by Crippen LogP contribution is 2.02. The normalized spacial score (nSPS) is 11.0. The van der Waals surface area contributed by atoms with E-state index in [1.165, 1.54) is 17.0 Å². The van der Waals surface area contributed by atoms with Gasteiger partial charge in [0.25, 0.3) is 0 Å². The fraction of sp³-hybridized carbons (Fsp3) is 0.529. The molecule has 0 aliphatic carbocycles. The number of halogens is 2. The van der Waals surface area contributed by atoms with E-state index in [1.54, 1.807) is 26.2 Å². The molecule has 0 unspecified atom stereocenters. The second-order valence-corrected chi connectivity index (χ2v) is 6.03. The number of hydrogen-bond donors (Lipinski definition) is 2. The molecule has 0 radical (unpaired) electrons. The number of aliphatic imine (C=N–C) groups is 1. The van der Waals surface area contributed by atoms with Gasteiger partial charge in [0.2, 0.25) is 5.91 Å². The third-order valence-corrected chi connectivity index (χ3v) is 3.17. The van der Waals surface area contributed by atoms with Crippen LogP contribution in [-0.4, -0.2) is 50.5 Å². The molecule has 1 rings (SSSR count). The molecule has 0 aromatic heterocycles. The lowest BCUT2D eigenvalue weighted by Crippen LogP contribution is -2.41. The molecular weight excluding hydrogens is 422 g/mol. The van der Waals surface area contributed by atoms with Gasteiger partial charge in [0.15, 0.2) is 5.96 Å². The zero-order valence-corrected chi connectivity index (χ0v) is 17.1. The van der Waals surface area contributed by atoms with Crippen molar-refractivity contribution in [3.63, 3.8) is 0 Å². The van der Waals surface area contributed by atoms with Crippen LogP contribution in [0.2, 0.25) is 0 Å². The van der Waals surface area contributed by atoms with Gasteiger partial charge in [-0.2, -0.15) is 0 Å². The van der Waals surface area contributed by atoms with Gasteiger partial charge < -0.3 is 15.5 Å². The summed E-state index contributed by atoms with van der Waals surface area (Å²) in [6.45, 7) is 5.75. The molecule has 136 valence electrons. The summed E-state index contributed by atoms with van der Waals surface area (Å²) in [5.41, 5.74) is 1.05. The van der Waals surface area contributed by atoms with Gasteiger partial charge in [0, 0.05) is 27.2 Å². The summed E-state index contributed by atoms with van der Waals surface area (Å²) < 4.78 is 12.9. The Hall–Kier alpha value is -1.38. The molecule has 24 heavy (non-hydrogen) atoms. The van der Waals surface area contributed by atoms with Gasteiger partial charge >= 0.3 is 0 Å². The van der Waals surface area contributed by atoms with E-state index >= 15 is 0 Å². The van der Waals surface area contributed by atoms with Crippen LogP contribution in [0.3, 0.4) is 0 Å². The summed E-state index contributed by atoms with van der Waals surface area (Å²) in [6, 6.07) is 6.45. The second-order valence-electron chi connectivity index (χ2n) is 6.03. The van der Waals surface area contributed by atoms with Crippen molar-refractivity contribution in [3.8, 4) is 0 Å². The Morgan fingerprint density at radius 3 is 2.38 bits per heavy atom. The van der Waals surface area contributed by atoms with E-state index in [1.807, 2.05) is 0 Å². The minimum atomic E-state index is -0.232. The number of likely N-dealkylation sites (N-methyl/N-ethyl adjacent to an activating group) is 1. The van der Waals surface area contributed by atoms with Gasteiger partial charge in [0.1, 0.15) is 12.4 Å². The van der Waals surface area contributed by atoms with Crippen LogP contribution in [0, 0.1) is 11.7 Å². The molecule has 0 heterocycles. The number of guanidine groups is 1. The first kappa shape index (κ1) is 22.6. The summed E-state index contributed by atoms with van der Waals surface area (Å²) in [4.78, 5) is 17.5. The van der Waals surface area contributed by atoms with Gasteiger partial charge in [-0.25, -0.2) is 9.38 Å². The van der Waals surface area contributed by atoms with Gasteiger partial charge in [-0.05, 0) is 30.0 Å². The molecule has 0 bridgehead atoms. The van der Waals surface area contributed by atoms with Crippen LogP contribution in [0.5, 0.6) is 0 Å². The van der Waals surface area contributed by atoms with Crippen LogP contribution in [0.25, 0.3) is 0 Å². The smallest absolute Gasteiger partial charge is 0.243 e. The average molecular weight is 450 g/mol. The zero-order valence-electron chi connectivity index (χ0n) is 14.8. The van der Waals surface area contributed by atoms with Crippen molar-refractivity contribution in [2.45, 2.75) is 20.3 Å². The lowest BCUT2D eigenvalue weighted by Gasteiger charge is -2.15. The third kappa shape index (κ3) is 9.69. The Balaban J connectivity index is 0.00000529. The fourth-order valence-corrected chi connectivity index (χ4v) is 1.74. The van der Waals surface area contributed by atoms with Crippen molar-refractivity contribution in [1.82, 2.24) is 15.5 Å². The van der Waals surface area contributed by atoms with Crippen molar-refractivity contribution in [1.29, 1.82) is 0 Å². The molecule has 0 saturated carbocycles. The summed E-state index contributed by atoms with van der Waals surface area (Å²) in [5, 5.41) is 6.42. The number of hydrogen-bond acceptors (Lipinski definition) is 2. The van der Waals surface area contributed by atoms with Crippen molar-refractivity contribution in [2.75, 3.05) is 33.7 Å². The van der Waals surface area contributed by atoms with E-state index in [0.717, 1.165) is 18.5 Å². The van der Waals surface area contributed by atoms with Crippen LogP contribution in [0.15, 0.2) is 29.3 Å². The van der Waals surface area contributed by atoms with E-state index < -0.39 is 0 Å². The zero-order chi connectivity index (χ0) is 17.2. The van der Waals surface area contributed by atoms with Crippen molar-refractivity contribution in [2.24, 2.45) is 10.9 Å². The first-order chi connectivity index (χ1) is 10.9. The Bertz CT molecular complexity index is 518. The number of nitrogens with zero attached hydrogens (tertiary/aromatic N) is 2. The Morgan fingerprint density at radius 1 is 1.21 bits per heavy atom. The van der Waals surface area contributed by atoms with Crippen LogP contribution in [0.4, 0.5) is 4.39 Å². The van der Waals surface area contributed by atoms with Crippen molar-refractivity contribution in [3.05, 3.63) is 35.6 Å².